The molecule has 0 unspecified atom stereocenters. The lowest BCUT2D eigenvalue weighted by Gasteiger charge is -2.32. The number of hydrogen-bond acceptors (Lipinski definition) is 4. The first-order valence-electron chi connectivity index (χ1n) is 8.29. The summed E-state index contributed by atoms with van der Waals surface area (Å²) in [6.45, 7) is 6.78. The Kier molecular flexibility index (Phi) is 6.45. The van der Waals surface area contributed by atoms with E-state index in [4.69, 9.17) is 0 Å². The van der Waals surface area contributed by atoms with Crippen molar-refractivity contribution in [1.29, 1.82) is 0 Å². The first-order valence-corrected chi connectivity index (χ1v) is 9.17. The quantitative estimate of drug-likeness (QED) is 0.832. The molecule has 0 spiro atoms. The molecule has 0 fully saturated rings. The molecule has 0 aliphatic carbocycles. The largest absolute Gasteiger partial charge is 0.354 e. The number of aromatic nitrogens is 1. The molecule has 0 saturated carbocycles. The first kappa shape index (κ1) is 17.8. The summed E-state index contributed by atoms with van der Waals surface area (Å²) in [5, 5.41) is 3.38. The molecule has 0 radical (unpaired) electrons. The maximum atomic E-state index is 12.8. The van der Waals surface area contributed by atoms with E-state index in [9.17, 15) is 9.59 Å². The van der Waals surface area contributed by atoms with Gasteiger partial charge in [0.1, 0.15) is 5.03 Å². The van der Waals surface area contributed by atoms with Crippen molar-refractivity contribution in [1.82, 2.24) is 10.3 Å². The van der Waals surface area contributed by atoms with Crippen molar-refractivity contribution in [3.8, 4) is 0 Å². The molecule has 23 heavy (non-hydrogen) atoms. The monoisotopic (exact) mass is 335 g/mol. The number of nitrogens with one attached hydrogen (secondary N) is 1. The lowest BCUT2D eigenvalue weighted by atomic mass is 10.2. The minimum atomic E-state index is -0.390. The van der Waals surface area contributed by atoms with E-state index in [1.807, 2.05) is 26.0 Å². The van der Waals surface area contributed by atoms with E-state index in [-0.39, 0.29) is 24.3 Å². The summed E-state index contributed by atoms with van der Waals surface area (Å²) < 4.78 is 0. The minimum absolute atomic E-state index is 0.0169. The normalized spacial score (nSPS) is 18.5. The topological polar surface area (TPSA) is 62.3 Å². The van der Waals surface area contributed by atoms with Gasteiger partial charge in [0.2, 0.25) is 11.8 Å². The second-order valence-corrected chi connectivity index (χ2v) is 7.05. The number of pyridine rings is 1. The third-order valence-electron chi connectivity index (χ3n) is 3.96. The molecule has 1 aromatic rings. The Hall–Kier alpha value is -1.56. The van der Waals surface area contributed by atoms with Crippen LogP contribution in [0.25, 0.3) is 0 Å². The lowest BCUT2D eigenvalue weighted by Crippen LogP contribution is -2.44. The smallest absolute Gasteiger partial charge is 0.241 e. The molecule has 0 aromatic carbocycles. The zero-order valence-corrected chi connectivity index (χ0v) is 14.9. The van der Waals surface area contributed by atoms with E-state index >= 15 is 0 Å². The molecule has 2 heterocycles. The Balaban J connectivity index is 2.13. The van der Waals surface area contributed by atoms with Crippen LogP contribution in [0.4, 0.5) is 5.69 Å². The van der Waals surface area contributed by atoms with Gasteiger partial charge >= 0.3 is 0 Å². The Morgan fingerprint density at radius 3 is 2.96 bits per heavy atom. The molecule has 0 saturated heterocycles. The molecule has 2 atom stereocenters. The number of carbonyl (C=O) groups excluding carboxylic acids is 2. The molecule has 1 aromatic heterocycles. The number of nitrogens with zero attached hydrogens (tertiary/aromatic N) is 2. The van der Waals surface area contributed by atoms with Gasteiger partial charge in [-0.15, -0.1) is 0 Å². The first-order chi connectivity index (χ1) is 11.1. The van der Waals surface area contributed by atoms with Gasteiger partial charge in [-0.05, 0) is 31.9 Å². The molecule has 6 heteroatoms. The number of thioether (sulfide) groups is 1. The number of anilines is 1. The van der Waals surface area contributed by atoms with Crippen LogP contribution in [0.15, 0.2) is 23.4 Å². The number of hydrogen-bond donors (Lipinski definition) is 1. The van der Waals surface area contributed by atoms with Gasteiger partial charge in [-0.2, -0.15) is 0 Å². The lowest BCUT2D eigenvalue weighted by molar-refractivity contribution is -0.125. The standard InChI is InChI=1S/C17H25N3O2S/c1-4-6-10-20-13-8-7-9-18-16(13)23-14(17(20)22)11-15(21)19-12(3)5-2/h7-9,12,14H,4-6,10-11H2,1-3H3,(H,19,21)/t12-,14-/m1/s1. The Morgan fingerprint density at radius 2 is 2.26 bits per heavy atom. The third-order valence-corrected chi connectivity index (χ3v) is 5.15. The van der Waals surface area contributed by atoms with E-state index in [1.54, 1.807) is 11.1 Å². The van der Waals surface area contributed by atoms with E-state index in [2.05, 4.69) is 17.2 Å². The zero-order chi connectivity index (χ0) is 16.8. The summed E-state index contributed by atoms with van der Waals surface area (Å²) in [6.07, 6.45) is 4.77. The van der Waals surface area contributed by atoms with Crippen molar-refractivity contribution in [2.24, 2.45) is 0 Å². The number of fused-ring (bicyclic) bond motifs is 1. The highest BCUT2D eigenvalue weighted by molar-refractivity contribution is 8.00. The summed E-state index contributed by atoms with van der Waals surface area (Å²) in [4.78, 5) is 31.1. The molecule has 126 valence electrons. The van der Waals surface area contributed by atoms with Crippen LogP contribution >= 0.6 is 11.8 Å². The molecular formula is C17H25N3O2S. The maximum Gasteiger partial charge on any atom is 0.241 e. The molecule has 0 bridgehead atoms. The summed E-state index contributed by atoms with van der Waals surface area (Å²) >= 11 is 1.40. The third kappa shape index (κ3) is 4.47. The van der Waals surface area contributed by atoms with Crippen LogP contribution in [0.5, 0.6) is 0 Å². The molecule has 2 amide bonds. The van der Waals surface area contributed by atoms with E-state index in [0.717, 1.165) is 30.0 Å². The molecule has 1 aliphatic heterocycles. The average molecular weight is 335 g/mol. The van der Waals surface area contributed by atoms with Crippen molar-refractivity contribution in [3.05, 3.63) is 18.3 Å². The molecule has 5 nitrogen and oxygen atoms in total. The summed E-state index contributed by atoms with van der Waals surface area (Å²) in [7, 11) is 0. The number of carbonyl (C=O) groups is 2. The van der Waals surface area contributed by atoms with Crippen LogP contribution in [0.1, 0.15) is 46.5 Å². The Bertz CT molecular complexity index is 565. The predicted octanol–water partition coefficient (Wildman–Crippen LogP) is 2.99. The van der Waals surface area contributed by atoms with Gasteiger partial charge in [-0.25, -0.2) is 4.98 Å². The average Bonchev–Trinajstić information content (AvgIpc) is 2.54. The summed E-state index contributed by atoms with van der Waals surface area (Å²) in [5.41, 5.74) is 0.870. The summed E-state index contributed by atoms with van der Waals surface area (Å²) in [6, 6.07) is 3.91. The van der Waals surface area contributed by atoms with Crippen molar-refractivity contribution >= 4 is 29.3 Å². The van der Waals surface area contributed by atoms with Crippen LogP contribution < -0.4 is 10.2 Å². The highest BCUT2D eigenvalue weighted by Gasteiger charge is 2.35. The van der Waals surface area contributed by atoms with Gasteiger partial charge in [-0.1, -0.05) is 32.0 Å². The molecular weight excluding hydrogens is 310 g/mol. The van der Waals surface area contributed by atoms with Crippen LogP contribution in [0.3, 0.4) is 0 Å². The maximum absolute atomic E-state index is 12.8. The number of amides is 2. The highest BCUT2D eigenvalue weighted by Crippen LogP contribution is 2.38. The number of unbranched alkanes of at least 4 members (excludes halogenated alkanes) is 1. The molecule has 1 aliphatic rings. The van der Waals surface area contributed by atoms with Gasteiger partial charge in [0.05, 0.1) is 10.9 Å². The van der Waals surface area contributed by atoms with Crippen LogP contribution in [-0.4, -0.2) is 34.6 Å². The van der Waals surface area contributed by atoms with Crippen molar-refractivity contribution in [2.45, 2.75) is 62.8 Å². The molecule has 1 N–H and O–H groups in total. The summed E-state index contributed by atoms with van der Waals surface area (Å²) in [5.74, 6) is -0.0525. The van der Waals surface area contributed by atoms with E-state index in [1.165, 1.54) is 11.8 Å². The van der Waals surface area contributed by atoms with Crippen LogP contribution in [-0.2, 0) is 9.59 Å². The minimum Gasteiger partial charge on any atom is -0.354 e. The Labute approximate surface area is 142 Å². The molecule has 2 rings (SSSR count). The van der Waals surface area contributed by atoms with Crippen molar-refractivity contribution in [3.63, 3.8) is 0 Å². The SMILES string of the molecule is CCCCN1C(=O)[C@@H](CC(=O)N[C@H](C)CC)Sc2ncccc21. The number of rotatable bonds is 7. The van der Waals surface area contributed by atoms with Crippen molar-refractivity contribution in [2.75, 3.05) is 11.4 Å². The predicted molar refractivity (Wildman–Crippen MR) is 93.7 cm³/mol. The van der Waals surface area contributed by atoms with Gasteiger partial charge in [-0.3, -0.25) is 9.59 Å². The van der Waals surface area contributed by atoms with Crippen LogP contribution in [0.2, 0.25) is 0 Å². The zero-order valence-electron chi connectivity index (χ0n) is 14.0. The fourth-order valence-corrected chi connectivity index (χ4v) is 3.59. The fraction of sp³-hybridized carbons (Fsp3) is 0.588. The fourth-order valence-electron chi connectivity index (χ4n) is 2.44. The van der Waals surface area contributed by atoms with E-state index < -0.39 is 5.25 Å². The van der Waals surface area contributed by atoms with Gasteiger partial charge < -0.3 is 10.2 Å². The Morgan fingerprint density at radius 1 is 1.48 bits per heavy atom. The van der Waals surface area contributed by atoms with Gasteiger partial charge in [0.25, 0.3) is 0 Å². The van der Waals surface area contributed by atoms with E-state index in [0.29, 0.717) is 6.54 Å². The second kappa shape index (κ2) is 8.34. The second-order valence-electron chi connectivity index (χ2n) is 5.86. The van der Waals surface area contributed by atoms with Gasteiger partial charge in [0, 0.05) is 25.2 Å². The van der Waals surface area contributed by atoms with Crippen molar-refractivity contribution < 1.29 is 9.59 Å². The van der Waals surface area contributed by atoms with Crippen LogP contribution in [0, 0.1) is 0 Å². The highest BCUT2D eigenvalue weighted by atomic mass is 32.2. The van der Waals surface area contributed by atoms with Gasteiger partial charge in [0.15, 0.2) is 0 Å².